The lowest BCUT2D eigenvalue weighted by atomic mass is 10.3. The van der Waals surface area contributed by atoms with Crippen molar-refractivity contribution >= 4 is 40.9 Å². The number of halogens is 2. The van der Waals surface area contributed by atoms with Crippen LogP contribution in [0, 0.1) is 0 Å². The molecule has 0 aliphatic rings. The van der Waals surface area contributed by atoms with Crippen LogP contribution in [0.2, 0.25) is 10.0 Å². The van der Waals surface area contributed by atoms with E-state index in [0.717, 1.165) is 4.90 Å². The molecule has 5 heteroatoms. The maximum atomic E-state index is 10.5. The molecule has 1 rings (SSSR count). The van der Waals surface area contributed by atoms with Crippen LogP contribution in [0.5, 0.6) is 0 Å². The first-order chi connectivity index (χ1) is 6.99. The van der Waals surface area contributed by atoms with E-state index in [2.05, 4.69) is 0 Å². The van der Waals surface area contributed by atoms with Gasteiger partial charge in [0.25, 0.3) is 0 Å². The Balaban J connectivity index is 2.71. The molecule has 0 aliphatic heterocycles. The predicted octanol–water partition coefficient (Wildman–Crippen LogP) is 3.95. The second kappa shape index (κ2) is 5.64. The number of aliphatic carboxylic acids is 1. The molecule has 0 saturated heterocycles. The molecule has 0 aromatic heterocycles. The standard InChI is InChI=1S/C10H10Cl2O2S/c1-6(4-10(13)14)15-9-5-7(11)2-3-8(9)12/h2-3,5-6H,4H2,1H3,(H,13,14). The molecule has 0 radical (unpaired) electrons. The largest absolute Gasteiger partial charge is 0.481 e. The number of carbonyl (C=O) groups is 1. The molecule has 1 aromatic rings. The zero-order valence-corrected chi connectivity index (χ0v) is 10.4. The van der Waals surface area contributed by atoms with E-state index in [9.17, 15) is 4.79 Å². The lowest BCUT2D eigenvalue weighted by Gasteiger charge is -2.09. The van der Waals surface area contributed by atoms with Crippen molar-refractivity contribution in [2.45, 2.75) is 23.5 Å². The summed E-state index contributed by atoms with van der Waals surface area (Å²) in [5.74, 6) is -0.812. The van der Waals surface area contributed by atoms with Gasteiger partial charge in [0.1, 0.15) is 0 Å². The van der Waals surface area contributed by atoms with Crippen LogP contribution in [0.15, 0.2) is 23.1 Å². The van der Waals surface area contributed by atoms with Gasteiger partial charge < -0.3 is 5.11 Å². The number of carboxylic acid groups (broad SMARTS) is 1. The molecule has 1 atom stereocenters. The Kier molecular flexibility index (Phi) is 4.77. The van der Waals surface area contributed by atoms with E-state index in [1.165, 1.54) is 11.8 Å². The minimum absolute atomic E-state index is 0.0292. The fraction of sp³-hybridized carbons (Fsp3) is 0.300. The molecule has 0 amide bonds. The molecule has 0 aliphatic carbocycles. The monoisotopic (exact) mass is 264 g/mol. The SMILES string of the molecule is CC(CC(=O)O)Sc1cc(Cl)ccc1Cl. The van der Waals surface area contributed by atoms with Crippen LogP contribution in [0.4, 0.5) is 0 Å². The summed E-state index contributed by atoms with van der Waals surface area (Å²) in [7, 11) is 0. The zero-order valence-electron chi connectivity index (χ0n) is 8.04. The van der Waals surface area contributed by atoms with Crippen molar-refractivity contribution in [3.8, 4) is 0 Å². The number of hydrogen-bond donors (Lipinski definition) is 1. The highest BCUT2D eigenvalue weighted by Crippen LogP contribution is 2.33. The van der Waals surface area contributed by atoms with Crippen molar-refractivity contribution in [1.29, 1.82) is 0 Å². The first-order valence-electron chi connectivity index (χ1n) is 4.32. The Hall–Kier alpha value is -0.380. The molecule has 2 nitrogen and oxygen atoms in total. The first kappa shape index (κ1) is 12.7. The third-order valence-electron chi connectivity index (χ3n) is 1.68. The lowest BCUT2D eigenvalue weighted by Crippen LogP contribution is -2.05. The van der Waals surface area contributed by atoms with E-state index in [1.807, 2.05) is 6.92 Å². The maximum absolute atomic E-state index is 10.5. The fourth-order valence-corrected chi connectivity index (χ4v) is 2.59. The average molecular weight is 265 g/mol. The van der Waals surface area contributed by atoms with Gasteiger partial charge in [-0.15, -0.1) is 11.8 Å². The zero-order chi connectivity index (χ0) is 11.4. The quantitative estimate of drug-likeness (QED) is 0.837. The normalized spacial score (nSPS) is 12.5. The number of benzene rings is 1. The highest BCUT2D eigenvalue weighted by Gasteiger charge is 2.11. The van der Waals surface area contributed by atoms with Crippen molar-refractivity contribution in [2.75, 3.05) is 0 Å². The number of rotatable bonds is 4. The fourth-order valence-electron chi connectivity index (χ4n) is 1.07. The maximum Gasteiger partial charge on any atom is 0.304 e. The minimum Gasteiger partial charge on any atom is -0.481 e. The Morgan fingerprint density at radius 2 is 2.20 bits per heavy atom. The van der Waals surface area contributed by atoms with Crippen molar-refractivity contribution in [1.82, 2.24) is 0 Å². The molecule has 0 bridgehead atoms. The van der Waals surface area contributed by atoms with E-state index >= 15 is 0 Å². The van der Waals surface area contributed by atoms with E-state index < -0.39 is 5.97 Å². The van der Waals surface area contributed by atoms with Gasteiger partial charge in [-0.3, -0.25) is 4.79 Å². The smallest absolute Gasteiger partial charge is 0.304 e. The third kappa shape index (κ3) is 4.33. The van der Waals surface area contributed by atoms with Crippen molar-refractivity contribution in [3.05, 3.63) is 28.2 Å². The third-order valence-corrected chi connectivity index (χ3v) is 3.52. The van der Waals surface area contributed by atoms with E-state index in [1.54, 1.807) is 18.2 Å². The summed E-state index contributed by atoms with van der Waals surface area (Å²) in [4.78, 5) is 11.3. The molecule has 1 unspecified atom stereocenters. The summed E-state index contributed by atoms with van der Waals surface area (Å²) in [6.45, 7) is 1.84. The number of thioether (sulfide) groups is 1. The van der Waals surface area contributed by atoms with E-state index in [4.69, 9.17) is 28.3 Å². The van der Waals surface area contributed by atoms with Crippen molar-refractivity contribution in [2.24, 2.45) is 0 Å². The van der Waals surface area contributed by atoms with Crippen LogP contribution in [0.25, 0.3) is 0 Å². The highest BCUT2D eigenvalue weighted by atomic mass is 35.5. The van der Waals surface area contributed by atoms with Gasteiger partial charge in [-0.25, -0.2) is 0 Å². The van der Waals surface area contributed by atoms with Crippen LogP contribution in [0.3, 0.4) is 0 Å². The van der Waals surface area contributed by atoms with Gasteiger partial charge in [-0.2, -0.15) is 0 Å². The summed E-state index contributed by atoms with van der Waals surface area (Å²) in [5, 5.41) is 9.78. The lowest BCUT2D eigenvalue weighted by molar-refractivity contribution is -0.136. The number of hydrogen-bond acceptors (Lipinski definition) is 2. The molecule has 0 fully saturated rings. The van der Waals surface area contributed by atoms with Gasteiger partial charge in [-0.1, -0.05) is 30.1 Å². The van der Waals surface area contributed by atoms with Crippen molar-refractivity contribution < 1.29 is 9.90 Å². The molecule has 1 aromatic carbocycles. The van der Waals surface area contributed by atoms with E-state index in [-0.39, 0.29) is 11.7 Å². The van der Waals surface area contributed by atoms with Crippen LogP contribution in [-0.2, 0) is 4.79 Å². The second-order valence-electron chi connectivity index (χ2n) is 3.10. The molecular weight excluding hydrogens is 255 g/mol. The van der Waals surface area contributed by atoms with Crippen LogP contribution in [-0.4, -0.2) is 16.3 Å². The Bertz CT molecular complexity index is 368. The average Bonchev–Trinajstić information content (AvgIpc) is 2.10. The molecule has 0 heterocycles. The Morgan fingerprint density at radius 3 is 2.80 bits per heavy atom. The van der Waals surface area contributed by atoms with Crippen molar-refractivity contribution in [3.63, 3.8) is 0 Å². The molecule has 0 spiro atoms. The molecule has 15 heavy (non-hydrogen) atoms. The molecule has 1 N–H and O–H groups in total. The Labute approximate surface area is 103 Å². The Morgan fingerprint density at radius 1 is 1.53 bits per heavy atom. The second-order valence-corrected chi connectivity index (χ2v) is 5.42. The summed E-state index contributed by atoms with van der Waals surface area (Å²) >= 11 is 13.2. The molecule has 0 saturated carbocycles. The van der Waals surface area contributed by atoms with Crippen LogP contribution in [0.1, 0.15) is 13.3 Å². The van der Waals surface area contributed by atoms with Gasteiger partial charge in [0.15, 0.2) is 0 Å². The van der Waals surface area contributed by atoms with Gasteiger partial charge in [0, 0.05) is 15.2 Å². The summed E-state index contributed by atoms with van der Waals surface area (Å²) in [5.41, 5.74) is 0. The minimum atomic E-state index is -0.812. The predicted molar refractivity (Wildman–Crippen MR) is 64.0 cm³/mol. The van der Waals surface area contributed by atoms with E-state index in [0.29, 0.717) is 10.0 Å². The summed E-state index contributed by atoms with van der Waals surface area (Å²) < 4.78 is 0. The molecular formula is C10H10Cl2O2S. The van der Waals surface area contributed by atoms with Gasteiger partial charge >= 0.3 is 5.97 Å². The highest BCUT2D eigenvalue weighted by molar-refractivity contribution is 8.00. The van der Waals surface area contributed by atoms with Gasteiger partial charge in [-0.05, 0) is 18.2 Å². The summed E-state index contributed by atoms with van der Waals surface area (Å²) in [6.07, 6.45) is 0.105. The first-order valence-corrected chi connectivity index (χ1v) is 5.96. The molecule has 82 valence electrons. The van der Waals surface area contributed by atoms with Crippen LogP contribution >= 0.6 is 35.0 Å². The topological polar surface area (TPSA) is 37.3 Å². The van der Waals surface area contributed by atoms with Crippen LogP contribution < -0.4 is 0 Å². The number of carboxylic acids is 1. The van der Waals surface area contributed by atoms with Gasteiger partial charge in [0.05, 0.1) is 11.4 Å². The van der Waals surface area contributed by atoms with Gasteiger partial charge in [0.2, 0.25) is 0 Å². The summed E-state index contributed by atoms with van der Waals surface area (Å²) in [6, 6.07) is 5.16.